The molecular weight excluding hydrogens is 281 g/mol. The van der Waals surface area contributed by atoms with Crippen LogP contribution in [-0.2, 0) is 11.3 Å². The Morgan fingerprint density at radius 1 is 1.77 bits per heavy atom. The molecule has 5 heteroatoms. The molecule has 0 saturated heterocycles. The van der Waals surface area contributed by atoms with E-state index in [4.69, 9.17) is 0 Å². The topological polar surface area (TPSA) is 46.9 Å². The molecule has 0 fully saturated rings. The molecule has 0 aliphatic carbocycles. The highest BCUT2D eigenvalue weighted by molar-refractivity contribution is 14.1. The van der Waals surface area contributed by atoms with Crippen molar-refractivity contribution in [3.63, 3.8) is 0 Å². The van der Waals surface area contributed by atoms with Crippen LogP contribution in [0.5, 0.6) is 0 Å². The zero-order chi connectivity index (χ0) is 9.84. The van der Waals surface area contributed by atoms with Crippen molar-refractivity contribution in [3.8, 4) is 0 Å². The quantitative estimate of drug-likeness (QED) is 0.843. The normalized spacial score (nSPS) is 10.1. The van der Waals surface area contributed by atoms with Gasteiger partial charge in [0, 0.05) is 26.2 Å². The zero-order valence-electron chi connectivity index (χ0n) is 7.67. The Morgan fingerprint density at radius 2 is 2.46 bits per heavy atom. The van der Waals surface area contributed by atoms with E-state index in [1.54, 1.807) is 11.7 Å². The van der Waals surface area contributed by atoms with E-state index >= 15 is 0 Å². The molecule has 1 aromatic rings. The van der Waals surface area contributed by atoms with Gasteiger partial charge in [-0.25, -0.2) is 0 Å². The third kappa shape index (κ3) is 2.98. The SMILES string of the molecule is CNC(=O)CCn1cc(I)c(C)n1. The first-order chi connectivity index (χ1) is 6.13. The number of nitrogens with one attached hydrogen (secondary N) is 1. The molecule has 0 saturated carbocycles. The summed E-state index contributed by atoms with van der Waals surface area (Å²) in [4.78, 5) is 10.9. The summed E-state index contributed by atoms with van der Waals surface area (Å²) in [6.45, 7) is 2.60. The van der Waals surface area contributed by atoms with Gasteiger partial charge in [-0.3, -0.25) is 9.48 Å². The standard InChI is InChI=1S/C8H12IN3O/c1-6-7(9)5-12(11-6)4-3-8(13)10-2/h5H,3-4H2,1-2H3,(H,10,13). The number of carbonyl (C=O) groups excluding carboxylic acids is 1. The van der Waals surface area contributed by atoms with Gasteiger partial charge in [-0.1, -0.05) is 0 Å². The van der Waals surface area contributed by atoms with Gasteiger partial charge in [0.25, 0.3) is 0 Å². The molecule has 4 nitrogen and oxygen atoms in total. The van der Waals surface area contributed by atoms with Gasteiger partial charge in [-0.05, 0) is 29.5 Å². The monoisotopic (exact) mass is 293 g/mol. The van der Waals surface area contributed by atoms with E-state index in [1.165, 1.54) is 0 Å². The largest absolute Gasteiger partial charge is 0.359 e. The van der Waals surface area contributed by atoms with E-state index in [-0.39, 0.29) is 5.91 Å². The summed E-state index contributed by atoms with van der Waals surface area (Å²) in [5.41, 5.74) is 1.01. The van der Waals surface area contributed by atoms with Gasteiger partial charge in [-0.2, -0.15) is 5.10 Å². The number of halogens is 1. The van der Waals surface area contributed by atoms with Crippen molar-refractivity contribution in [1.82, 2.24) is 15.1 Å². The summed E-state index contributed by atoms with van der Waals surface area (Å²) in [6, 6.07) is 0. The number of amides is 1. The molecule has 72 valence electrons. The molecule has 0 bridgehead atoms. The fraction of sp³-hybridized carbons (Fsp3) is 0.500. The molecule has 1 aromatic heterocycles. The maximum Gasteiger partial charge on any atom is 0.221 e. The lowest BCUT2D eigenvalue weighted by Crippen LogP contribution is -2.19. The maximum atomic E-state index is 10.9. The Bertz CT molecular complexity index is 289. The number of aryl methyl sites for hydroxylation is 2. The number of hydrogen-bond acceptors (Lipinski definition) is 2. The fourth-order valence-electron chi connectivity index (χ4n) is 0.949. The predicted molar refractivity (Wildman–Crippen MR) is 58.4 cm³/mol. The highest BCUT2D eigenvalue weighted by Gasteiger charge is 2.02. The van der Waals surface area contributed by atoms with Crippen molar-refractivity contribution in [2.75, 3.05) is 7.05 Å². The van der Waals surface area contributed by atoms with Crippen LogP contribution in [0.15, 0.2) is 6.20 Å². The first-order valence-corrected chi connectivity index (χ1v) is 5.11. The lowest BCUT2D eigenvalue weighted by atomic mass is 10.4. The Balaban J connectivity index is 2.50. The summed E-state index contributed by atoms with van der Waals surface area (Å²) < 4.78 is 2.93. The van der Waals surface area contributed by atoms with Crippen LogP contribution in [0.4, 0.5) is 0 Å². The summed E-state index contributed by atoms with van der Waals surface area (Å²) in [5.74, 6) is 0.0446. The Morgan fingerprint density at radius 3 is 2.92 bits per heavy atom. The molecule has 1 N–H and O–H groups in total. The molecule has 0 aliphatic rings. The minimum atomic E-state index is 0.0446. The Labute approximate surface area is 90.8 Å². The van der Waals surface area contributed by atoms with Crippen molar-refractivity contribution >= 4 is 28.5 Å². The molecule has 1 rings (SSSR count). The number of nitrogens with zero attached hydrogens (tertiary/aromatic N) is 2. The molecule has 1 heterocycles. The van der Waals surface area contributed by atoms with Gasteiger partial charge >= 0.3 is 0 Å². The van der Waals surface area contributed by atoms with Crippen LogP contribution < -0.4 is 5.32 Å². The first-order valence-electron chi connectivity index (χ1n) is 4.03. The van der Waals surface area contributed by atoms with E-state index in [1.807, 2.05) is 13.1 Å². The molecule has 0 radical (unpaired) electrons. The average molecular weight is 293 g/mol. The van der Waals surface area contributed by atoms with Gasteiger partial charge in [0.05, 0.1) is 9.26 Å². The van der Waals surface area contributed by atoms with E-state index in [0.29, 0.717) is 13.0 Å². The number of carbonyl (C=O) groups is 1. The second kappa shape index (κ2) is 4.59. The van der Waals surface area contributed by atoms with Crippen LogP contribution in [0.2, 0.25) is 0 Å². The summed E-state index contributed by atoms with van der Waals surface area (Å²) >= 11 is 2.23. The Hall–Kier alpha value is -0.590. The maximum absolute atomic E-state index is 10.9. The van der Waals surface area contributed by atoms with Crippen LogP contribution in [0.1, 0.15) is 12.1 Å². The van der Waals surface area contributed by atoms with E-state index in [2.05, 4.69) is 33.0 Å². The van der Waals surface area contributed by atoms with Gasteiger partial charge < -0.3 is 5.32 Å². The van der Waals surface area contributed by atoms with Crippen molar-refractivity contribution in [2.24, 2.45) is 0 Å². The zero-order valence-corrected chi connectivity index (χ0v) is 9.83. The van der Waals surface area contributed by atoms with E-state index in [9.17, 15) is 4.79 Å². The van der Waals surface area contributed by atoms with Crippen LogP contribution >= 0.6 is 22.6 Å². The van der Waals surface area contributed by atoms with Crippen molar-refractivity contribution in [3.05, 3.63) is 15.5 Å². The third-order valence-electron chi connectivity index (χ3n) is 1.73. The lowest BCUT2D eigenvalue weighted by molar-refractivity contribution is -0.120. The van der Waals surface area contributed by atoms with Crippen molar-refractivity contribution < 1.29 is 4.79 Å². The van der Waals surface area contributed by atoms with E-state index in [0.717, 1.165) is 9.26 Å². The van der Waals surface area contributed by atoms with Crippen LogP contribution in [0, 0.1) is 10.5 Å². The molecule has 0 atom stereocenters. The van der Waals surface area contributed by atoms with Gasteiger partial charge in [0.1, 0.15) is 0 Å². The Kier molecular flexibility index (Phi) is 3.71. The summed E-state index contributed by atoms with van der Waals surface area (Å²) in [7, 11) is 1.64. The van der Waals surface area contributed by atoms with Gasteiger partial charge in [0.15, 0.2) is 0 Å². The molecule has 13 heavy (non-hydrogen) atoms. The smallest absolute Gasteiger partial charge is 0.221 e. The number of hydrogen-bond donors (Lipinski definition) is 1. The van der Waals surface area contributed by atoms with Crippen LogP contribution in [0.25, 0.3) is 0 Å². The van der Waals surface area contributed by atoms with Crippen LogP contribution in [-0.4, -0.2) is 22.7 Å². The number of rotatable bonds is 3. The third-order valence-corrected chi connectivity index (χ3v) is 2.79. The van der Waals surface area contributed by atoms with Gasteiger partial charge in [0.2, 0.25) is 5.91 Å². The minimum absolute atomic E-state index is 0.0446. The molecule has 0 spiro atoms. The molecular formula is C8H12IN3O. The molecule has 1 amide bonds. The average Bonchev–Trinajstić information content (AvgIpc) is 2.42. The second-order valence-electron chi connectivity index (χ2n) is 2.75. The first kappa shape index (κ1) is 10.5. The predicted octanol–water partition coefficient (Wildman–Crippen LogP) is 0.932. The highest BCUT2D eigenvalue weighted by atomic mass is 127. The molecule has 0 unspecified atom stereocenters. The molecule has 0 aliphatic heterocycles. The summed E-state index contributed by atoms with van der Waals surface area (Å²) in [5, 5.41) is 6.82. The summed E-state index contributed by atoms with van der Waals surface area (Å²) in [6.07, 6.45) is 2.42. The van der Waals surface area contributed by atoms with Crippen LogP contribution in [0.3, 0.4) is 0 Å². The van der Waals surface area contributed by atoms with E-state index < -0.39 is 0 Å². The molecule has 0 aromatic carbocycles. The second-order valence-corrected chi connectivity index (χ2v) is 3.91. The van der Waals surface area contributed by atoms with Crippen molar-refractivity contribution in [1.29, 1.82) is 0 Å². The highest BCUT2D eigenvalue weighted by Crippen LogP contribution is 2.08. The minimum Gasteiger partial charge on any atom is -0.359 e. The fourth-order valence-corrected chi connectivity index (χ4v) is 1.38. The van der Waals surface area contributed by atoms with Crippen molar-refractivity contribution in [2.45, 2.75) is 19.9 Å². The number of aromatic nitrogens is 2. The lowest BCUT2D eigenvalue weighted by Gasteiger charge is -1.99. The van der Waals surface area contributed by atoms with Gasteiger partial charge in [-0.15, -0.1) is 0 Å².